The summed E-state index contributed by atoms with van der Waals surface area (Å²) in [5.74, 6) is 0.739. The Morgan fingerprint density at radius 3 is 2.32 bits per heavy atom. The summed E-state index contributed by atoms with van der Waals surface area (Å²) in [6, 6.07) is 3.39. The molecule has 1 aliphatic heterocycles. The van der Waals surface area contributed by atoms with Crippen molar-refractivity contribution < 1.29 is 17.9 Å². The highest BCUT2D eigenvalue weighted by molar-refractivity contribution is 7.89. The van der Waals surface area contributed by atoms with Gasteiger partial charge < -0.3 is 9.47 Å². The average molecular weight is 327 g/mol. The van der Waals surface area contributed by atoms with Gasteiger partial charge in [0.2, 0.25) is 10.0 Å². The molecule has 1 heterocycles. The Hall–Kier alpha value is -1.11. The minimum Gasteiger partial charge on any atom is -0.494 e. The largest absolute Gasteiger partial charge is 0.494 e. The van der Waals surface area contributed by atoms with E-state index in [2.05, 4.69) is 0 Å². The Morgan fingerprint density at radius 2 is 1.77 bits per heavy atom. The third kappa shape index (κ3) is 3.29. The van der Waals surface area contributed by atoms with Crippen molar-refractivity contribution in [1.29, 1.82) is 0 Å². The molecule has 0 N–H and O–H groups in total. The summed E-state index contributed by atoms with van der Waals surface area (Å²) >= 11 is 0. The fourth-order valence-corrected chi connectivity index (χ4v) is 4.70. The molecule has 0 saturated carbocycles. The summed E-state index contributed by atoms with van der Waals surface area (Å²) in [7, 11) is -3.51. The molecule has 0 radical (unpaired) electrons. The van der Waals surface area contributed by atoms with Crippen LogP contribution >= 0.6 is 0 Å². The van der Waals surface area contributed by atoms with E-state index in [1.54, 1.807) is 12.1 Å². The van der Waals surface area contributed by atoms with E-state index in [1.807, 2.05) is 34.6 Å². The van der Waals surface area contributed by atoms with Gasteiger partial charge in [0, 0.05) is 13.1 Å². The number of sulfonamides is 1. The van der Waals surface area contributed by atoms with Gasteiger partial charge in [-0.3, -0.25) is 0 Å². The highest BCUT2D eigenvalue weighted by Crippen LogP contribution is 2.30. The fourth-order valence-electron chi connectivity index (χ4n) is 2.83. The van der Waals surface area contributed by atoms with Crippen molar-refractivity contribution in [2.24, 2.45) is 0 Å². The monoisotopic (exact) mass is 327 g/mol. The summed E-state index contributed by atoms with van der Waals surface area (Å²) in [6.45, 7) is 10.8. The van der Waals surface area contributed by atoms with Crippen molar-refractivity contribution in [3.05, 3.63) is 23.3 Å². The molecule has 6 heteroatoms. The Labute approximate surface area is 133 Å². The molecule has 1 fully saturated rings. The Morgan fingerprint density at radius 1 is 1.18 bits per heavy atom. The van der Waals surface area contributed by atoms with Crippen molar-refractivity contribution in [3.8, 4) is 5.75 Å². The molecule has 0 aliphatic carbocycles. The third-order valence-electron chi connectivity index (χ3n) is 3.99. The second-order valence-electron chi connectivity index (χ2n) is 5.82. The van der Waals surface area contributed by atoms with Gasteiger partial charge in [0.1, 0.15) is 5.75 Å². The van der Waals surface area contributed by atoms with Crippen molar-refractivity contribution in [1.82, 2.24) is 4.31 Å². The van der Waals surface area contributed by atoms with Crippen LogP contribution < -0.4 is 4.74 Å². The van der Waals surface area contributed by atoms with Crippen LogP contribution in [-0.2, 0) is 14.8 Å². The smallest absolute Gasteiger partial charge is 0.243 e. The van der Waals surface area contributed by atoms with Gasteiger partial charge >= 0.3 is 0 Å². The van der Waals surface area contributed by atoms with Crippen molar-refractivity contribution in [2.75, 3.05) is 19.7 Å². The lowest BCUT2D eigenvalue weighted by Crippen LogP contribution is -2.48. The van der Waals surface area contributed by atoms with E-state index in [4.69, 9.17) is 9.47 Å². The van der Waals surface area contributed by atoms with Crippen molar-refractivity contribution >= 4 is 10.0 Å². The zero-order chi connectivity index (χ0) is 16.5. The van der Waals surface area contributed by atoms with Crippen molar-refractivity contribution in [2.45, 2.75) is 51.7 Å². The second kappa shape index (κ2) is 6.56. The molecule has 1 aliphatic rings. The first kappa shape index (κ1) is 17.2. The van der Waals surface area contributed by atoms with Crippen LogP contribution in [-0.4, -0.2) is 44.6 Å². The van der Waals surface area contributed by atoms with Gasteiger partial charge in [0.05, 0.1) is 23.7 Å². The van der Waals surface area contributed by atoms with Gasteiger partial charge in [-0.2, -0.15) is 4.31 Å². The molecular weight excluding hydrogens is 302 g/mol. The van der Waals surface area contributed by atoms with Crippen LogP contribution in [0, 0.1) is 13.8 Å². The summed E-state index contributed by atoms with van der Waals surface area (Å²) < 4.78 is 38.6. The third-order valence-corrected chi connectivity index (χ3v) is 5.97. The first-order valence-corrected chi connectivity index (χ1v) is 9.10. The molecule has 0 aromatic heterocycles. The molecule has 124 valence electrons. The van der Waals surface area contributed by atoms with E-state index < -0.39 is 10.0 Å². The van der Waals surface area contributed by atoms with E-state index in [0.29, 0.717) is 24.6 Å². The first-order valence-electron chi connectivity index (χ1n) is 7.66. The highest BCUT2D eigenvalue weighted by Gasteiger charge is 2.33. The normalized spacial score (nSPS) is 23.5. The van der Waals surface area contributed by atoms with Crippen LogP contribution in [0.2, 0.25) is 0 Å². The van der Waals surface area contributed by atoms with Crippen LogP contribution in [0.3, 0.4) is 0 Å². The zero-order valence-electron chi connectivity index (χ0n) is 13.9. The highest BCUT2D eigenvalue weighted by atomic mass is 32.2. The van der Waals surface area contributed by atoms with Gasteiger partial charge in [-0.25, -0.2) is 8.42 Å². The van der Waals surface area contributed by atoms with Gasteiger partial charge in [-0.1, -0.05) is 0 Å². The number of hydrogen-bond donors (Lipinski definition) is 0. The fraction of sp³-hybridized carbons (Fsp3) is 0.625. The van der Waals surface area contributed by atoms with Crippen LogP contribution in [0.4, 0.5) is 0 Å². The lowest BCUT2D eigenvalue weighted by Gasteiger charge is -2.34. The van der Waals surface area contributed by atoms with E-state index in [1.165, 1.54) is 4.31 Å². The van der Waals surface area contributed by atoms with Gasteiger partial charge in [-0.05, 0) is 57.9 Å². The van der Waals surface area contributed by atoms with Crippen molar-refractivity contribution in [3.63, 3.8) is 0 Å². The molecule has 1 aromatic carbocycles. The molecule has 0 amide bonds. The first-order chi connectivity index (χ1) is 10.3. The minimum absolute atomic E-state index is 0.0948. The maximum Gasteiger partial charge on any atom is 0.243 e. The summed E-state index contributed by atoms with van der Waals surface area (Å²) in [5, 5.41) is 0. The number of nitrogens with zero attached hydrogens (tertiary/aromatic N) is 1. The van der Waals surface area contributed by atoms with E-state index in [-0.39, 0.29) is 12.2 Å². The maximum absolute atomic E-state index is 13.0. The molecule has 1 saturated heterocycles. The summed E-state index contributed by atoms with van der Waals surface area (Å²) in [6.07, 6.45) is -0.190. The van der Waals surface area contributed by atoms with Crippen LogP contribution in [0.25, 0.3) is 0 Å². The Bertz CT molecular complexity index is 632. The molecule has 0 bridgehead atoms. The minimum atomic E-state index is -3.51. The van der Waals surface area contributed by atoms with Gasteiger partial charge in [-0.15, -0.1) is 0 Å². The van der Waals surface area contributed by atoms with Crippen LogP contribution in [0.1, 0.15) is 31.9 Å². The standard InChI is InChI=1S/C16H25NO4S/c1-6-20-15-7-8-16(14(5)13(15)4)22(18,19)17-9-11(2)21-12(3)10-17/h7-8,11-12H,6,9-10H2,1-5H3/t11-,12-/m1/s1. The topological polar surface area (TPSA) is 55.8 Å². The van der Waals surface area contributed by atoms with E-state index in [9.17, 15) is 8.42 Å². The van der Waals surface area contributed by atoms with E-state index >= 15 is 0 Å². The lowest BCUT2D eigenvalue weighted by molar-refractivity contribution is -0.0440. The molecule has 2 atom stereocenters. The van der Waals surface area contributed by atoms with Crippen LogP contribution in [0.5, 0.6) is 5.75 Å². The molecule has 0 spiro atoms. The molecule has 2 rings (SSSR count). The molecule has 22 heavy (non-hydrogen) atoms. The van der Waals surface area contributed by atoms with Gasteiger partial charge in [0.25, 0.3) is 0 Å². The van der Waals surface area contributed by atoms with Gasteiger partial charge in [0.15, 0.2) is 0 Å². The molecular formula is C16H25NO4S. The molecule has 0 unspecified atom stereocenters. The zero-order valence-corrected chi connectivity index (χ0v) is 14.7. The molecule has 1 aromatic rings. The predicted molar refractivity (Wildman–Crippen MR) is 85.9 cm³/mol. The second-order valence-corrected chi connectivity index (χ2v) is 7.73. The number of ether oxygens (including phenoxy) is 2. The van der Waals surface area contributed by atoms with E-state index in [0.717, 1.165) is 16.9 Å². The van der Waals surface area contributed by atoms with Crippen LogP contribution in [0.15, 0.2) is 17.0 Å². The molecule has 5 nitrogen and oxygen atoms in total. The average Bonchev–Trinajstić information content (AvgIpc) is 2.43. The lowest BCUT2D eigenvalue weighted by atomic mass is 10.1. The quantitative estimate of drug-likeness (QED) is 0.852. The SMILES string of the molecule is CCOc1ccc(S(=O)(=O)N2C[C@@H](C)O[C@H](C)C2)c(C)c1C. The number of hydrogen-bond acceptors (Lipinski definition) is 4. The number of morpholine rings is 1. The maximum atomic E-state index is 13.0. The summed E-state index contributed by atoms with van der Waals surface area (Å²) in [4.78, 5) is 0.356. The Balaban J connectivity index is 2.39. The predicted octanol–water partition coefficient (Wildman–Crippen LogP) is 2.50. The number of rotatable bonds is 4. The number of benzene rings is 1. The summed E-state index contributed by atoms with van der Waals surface area (Å²) in [5.41, 5.74) is 1.62. The Kier molecular flexibility index (Phi) is 5.14.